The van der Waals surface area contributed by atoms with Crippen LogP contribution in [0.3, 0.4) is 0 Å². The third-order valence-electron chi connectivity index (χ3n) is 2.85. The highest BCUT2D eigenvalue weighted by Crippen LogP contribution is 2.11. The van der Waals surface area contributed by atoms with Crippen LogP contribution in [0.1, 0.15) is 15.9 Å². The van der Waals surface area contributed by atoms with Crippen LogP contribution in [0.15, 0.2) is 53.0 Å². The predicted octanol–water partition coefficient (Wildman–Crippen LogP) is 3.06. The van der Waals surface area contributed by atoms with Crippen molar-refractivity contribution in [1.29, 1.82) is 0 Å². The van der Waals surface area contributed by atoms with E-state index >= 15 is 0 Å². The largest absolute Gasteiger partial charge is 0.452 e. The van der Waals surface area contributed by atoms with Gasteiger partial charge in [0.1, 0.15) is 5.82 Å². The molecule has 22 heavy (non-hydrogen) atoms. The van der Waals surface area contributed by atoms with Crippen LogP contribution in [0.4, 0.5) is 4.39 Å². The molecule has 4 nitrogen and oxygen atoms in total. The van der Waals surface area contributed by atoms with Gasteiger partial charge in [-0.3, -0.25) is 4.79 Å². The van der Waals surface area contributed by atoms with Gasteiger partial charge in [-0.25, -0.2) is 9.18 Å². The first-order chi connectivity index (χ1) is 10.6. The Bertz CT molecular complexity index is 673. The van der Waals surface area contributed by atoms with E-state index in [4.69, 9.17) is 4.74 Å². The summed E-state index contributed by atoms with van der Waals surface area (Å²) in [7, 11) is 0. The van der Waals surface area contributed by atoms with Crippen molar-refractivity contribution in [2.24, 2.45) is 0 Å². The van der Waals surface area contributed by atoms with Gasteiger partial charge in [-0.2, -0.15) is 0 Å². The van der Waals surface area contributed by atoms with E-state index < -0.39 is 24.3 Å². The number of esters is 1. The number of halogens is 2. The monoisotopic (exact) mass is 365 g/mol. The van der Waals surface area contributed by atoms with Crippen molar-refractivity contribution < 1.29 is 18.7 Å². The summed E-state index contributed by atoms with van der Waals surface area (Å²) in [6.45, 7) is -0.370. The summed E-state index contributed by atoms with van der Waals surface area (Å²) < 4.78 is 19.1. The third kappa shape index (κ3) is 4.66. The van der Waals surface area contributed by atoms with Gasteiger partial charge in [0.2, 0.25) is 0 Å². The van der Waals surface area contributed by atoms with Crippen LogP contribution in [0, 0.1) is 5.82 Å². The minimum atomic E-state index is -0.589. The molecule has 0 saturated heterocycles. The Morgan fingerprint density at radius 1 is 1.09 bits per heavy atom. The van der Waals surface area contributed by atoms with Gasteiger partial charge in [0.05, 0.1) is 5.56 Å². The van der Waals surface area contributed by atoms with Crippen molar-refractivity contribution in [2.45, 2.75) is 6.54 Å². The van der Waals surface area contributed by atoms with E-state index in [2.05, 4.69) is 21.2 Å². The molecule has 0 bridgehead atoms. The molecule has 0 fully saturated rings. The van der Waals surface area contributed by atoms with Crippen molar-refractivity contribution in [3.8, 4) is 0 Å². The second-order valence-corrected chi connectivity index (χ2v) is 5.37. The normalized spacial score (nSPS) is 10.1. The van der Waals surface area contributed by atoms with Gasteiger partial charge in [0, 0.05) is 16.6 Å². The Balaban J connectivity index is 1.79. The van der Waals surface area contributed by atoms with Gasteiger partial charge in [-0.15, -0.1) is 0 Å². The van der Waals surface area contributed by atoms with Gasteiger partial charge in [0.25, 0.3) is 5.91 Å². The van der Waals surface area contributed by atoms with E-state index in [1.807, 2.05) is 0 Å². The third-order valence-corrected chi connectivity index (χ3v) is 3.38. The molecule has 0 aliphatic rings. The number of hydrogen-bond acceptors (Lipinski definition) is 3. The van der Waals surface area contributed by atoms with Crippen LogP contribution in [-0.2, 0) is 16.1 Å². The molecule has 2 aromatic carbocycles. The van der Waals surface area contributed by atoms with E-state index in [1.165, 1.54) is 6.07 Å². The molecule has 0 unspecified atom stereocenters. The van der Waals surface area contributed by atoms with E-state index in [0.717, 1.165) is 4.47 Å². The highest BCUT2D eigenvalue weighted by Gasteiger charge is 2.10. The lowest BCUT2D eigenvalue weighted by molar-refractivity contribution is -0.124. The fourth-order valence-electron chi connectivity index (χ4n) is 1.69. The molecule has 0 radical (unpaired) electrons. The van der Waals surface area contributed by atoms with Crippen LogP contribution in [-0.4, -0.2) is 18.5 Å². The number of nitrogens with one attached hydrogen (secondary N) is 1. The summed E-state index contributed by atoms with van der Waals surface area (Å²) in [6.07, 6.45) is 0. The molecule has 1 N–H and O–H groups in total. The zero-order valence-electron chi connectivity index (χ0n) is 11.5. The van der Waals surface area contributed by atoms with Crippen LogP contribution < -0.4 is 5.32 Å². The first-order valence-corrected chi connectivity index (χ1v) is 7.28. The molecule has 0 aromatic heterocycles. The molecular formula is C16H13BrFNO3. The van der Waals surface area contributed by atoms with Crippen LogP contribution in [0.5, 0.6) is 0 Å². The van der Waals surface area contributed by atoms with E-state index in [9.17, 15) is 14.0 Å². The maximum absolute atomic E-state index is 13.4. The van der Waals surface area contributed by atoms with Crippen molar-refractivity contribution in [1.82, 2.24) is 5.32 Å². The fraction of sp³-hybridized carbons (Fsp3) is 0.125. The standard InChI is InChI=1S/C16H13BrFNO3/c17-13-7-5-11(6-8-13)16(21)22-10-15(20)19-9-12-3-1-2-4-14(12)18/h1-8H,9-10H2,(H,19,20). The maximum Gasteiger partial charge on any atom is 0.338 e. The van der Waals surface area contributed by atoms with Gasteiger partial charge >= 0.3 is 5.97 Å². The number of rotatable bonds is 5. The first kappa shape index (κ1) is 16.2. The Labute approximate surface area is 135 Å². The quantitative estimate of drug-likeness (QED) is 0.828. The molecule has 114 valence electrons. The number of ether oxygens (including phenoxy) is 1. The summed E-state index contributed by atoms with van der Waals surface area (Å²) in [6, 6.07) is 12.7. The highest BCUT2D eigenvalue weighted by molar-refractivity contribution is 9.10. The van der Waals surface area contributed by atoms with E-state index in [0.29, 0.717) is 11.1 Å². The molecule has 0 atom stereocenters. The zero-order chi connectivity index (χ0) is 15.9. The van der Waals surface area contributed by atoms with Gasteiger partial charge in [0.15, 0.2) is 6.61 Å². The summed E-state index contributed by atoms with van der Waals surface area (Å²) in [5, 5.41) is 2.49. The summed E-state index contributed by atoms with van der Waals surface area (Å²) in [4.78, 5) is 23.3. The SMILES string of the molecule is O=C(COC(=O)c1ccc(Br)cc1)NCc1ccccc1F. The van der Waals surface area contributed by atoms with Crippen LogP contribution >= 0.6 is 15.9 Å². The van der Waals surface area contributed by atoms with Crippen molar-refractivity contribution in [2.75, 3.05) is 6.61 Å². The van der Waals surface area contributed by atoms with Gasteiger partial charge in [-0.1, -0.05) is 34.1 Å². The lowest BCUT2D eigenvalue weighted by atomic mass is 10.2. The Morgan fingerprint density at radius 3 is 2.45 bits per heavy atom. The number of benzene rings is 2. The highest BCUT2D eigenvalue weighted by atomic mass is 79.9. The number of hydrogen-bond donors (Lipinski definition) is 1. The smallest absolute Gasteiger partial charge is 0.338 e. The molecule has 0 saturated carbocycles. The molecular weight excluding hydrogens is 353 g/mol. The summed E-state index contributed by atoms with van der Waals surface area (Å²) in [5.41, 5.74) is 0.722. The van der Waals surface area contributed by atoms with E-state index in [1.54, 1.807) is 42.5 Å². The topological polar surface area (TPSA) is 55.4 Å². The lowest BCUT2D eigenvalue weighted by Crippen LogP contribution is -2.28. The molecule has 2 rings (SSSR count). The Hall–Kier alpha value is -2.21. The van der Waals surface area contributed by atoms with Crippen molar-refractivity contribution in [3.63, 3.8) is 0 Å². The molecule has 1 amide bonds. The second kappa shape index (κ2) is 7.70. The molecule has 0 aliphatic heterocycles. The minimum absolute atomic E-state index is 0.0430. The van der Waals surface area contributed by atoms with Gasteiger partial charge in [-0.05, 0) is 30.3 Å². The minimum Gasteiger partial charge on any atom is -0.452 e. The predicted molar refractivity (Wildman–Crippen MR) is 82.7 cm³/mol. The average molecular weight is 366 g/mol. The molecule has 6 heteroatoms. The maximum atomic E-state index is 13.4. The summed E-state index contributed by atoms with van der Waals surface area (Å²) >= 11 is 3.26. The number of carbonyl (C=O) groups excluding carboxylic acids is 2. The lowest BCUT2D eigenvalue weighted by Gasteiger charge is -2.07. The molecule has 2 aromatic rings. The van der Waals surface area contributed by atoms with Crippen molar-refractivity contribution >= 4 is 27.8 Å². The average Bonchev–Trinajstić information content (AvgIpc) is 2.52. The van der Waals surface area contributed by atoms with E-state index in [-0.39, 0.29) is 6.54 Å². The molecule has 0 aliphatic carbocycles. The van der Waals surface area contributed by atoms with Crippen LogP contribution in [0.25, 0.3) is 0 Å². The fourth-order valence-corrected chi connectivity index (χ4v) is 1.95. The number of amides is 1. The van der Waals surface area contributed by atoms with Crippen molar-refractivity contribution in [3.05, 3.63) is 69.9 Å². The number of carbonyl (C=O) groups is 2. The zero-order valence-corrected chi connectivity index (χ0v) is 13.1. The summed E-state index contributed by atoms with van der Waals surface area (Å²) in [5.74, 6) is -1.48. The Kier molecular flexibility index (Phi) is 5.66. The molecule has 0 heterocycles. The molecule has 0 spiro atoms. The van der Waals surface area contributed by atoms with Crippen LogP contribution in [0.2, 0.25) is 0 Å². The second-order valence-electron chi connectivity index (χ2n) is 4.45. The van der Waals surface area contributed by atoms with Gasteiger partial charge < -0.3 is 10.1 Å². The first-order valence-electron chi connectivity index (χ1n) is 6.49. The Morgan fingerprint density at radius 2 is 1.77 bits per heavy atom.